The average Bonchev–Trinajstić information content (AvgIpc) is 2.76. The lowest BCUT2D eigenvalue weighted by Gasteiger charge is -2.41. The molecule has 0 N–H and O–H groups in total. The molecule has 0 spiro atoms. The summed E-state index contributed by atoms with van der Waals surface area (Å²) in [6.45, 7) is 0. The molecule has 18 heavy (non-hydrogen) atoms. The first kappa shape index (κ1) is 12.5. The molecule has 3 saturated carbocycles. The molecular formula is C12H16ClNO3S. The molecule has 0 aliphatic heterocycles. The summed E-state index contributed by atoms with van der Waals surface area (Å²) in [5.41, 5.74) is 0.418. The van der Waals surface area contributed by atoms with E-state index in [2.05, 4.69) is 5.16 Å². The monoisotopic (exact) mass is 289 g/mol. The lowest BCUT2D eigenvalue weighted by Crippen LogP contribution is -2.29. The van der Waals surface area contributed by atoms with Gasteiger partial charge in [0, 0.05) is 22.7 Å². The molecule has 0 saturated heterocycles. The zero-order valence-electron chi connectivity index (χ0n) is 10.0. The Bertz CT molecular complexity index is 531. The highest BCUT2D eigenvalue weighted by Crippen LogP contribution is 2.49. The Balaban J connectivity index is 1.77. The SMILES string of the molecule is O=S(=O)(Cl)Cc1cc(C2CC3CCC2CC3)on1. The Morgan fingerprint density at radius 1 is 1.33 bits per heavy atom. The average molecular weight is 290 g/mol. The van der Waals surface area contributed by atoms with Crippen LogP contribution in [-0.2, 0) is 14.8 Å². The van der Waals surface area contributed by atoms with Gasteiger partial charge < -0.3 is 4.52 Å². The van der Waals surface area contributed by atoms with Crippen LogP contribution in [0, 0.1) is 11.8 Å². The van der Waals surface area contributed by atoms with Crippen molar-refractivity contribution in [3.8, 4) is 0 Å². The Morgan fingerprint density at radius 3 is 2.61 bits per heavy atom. The third-order valence-corrected chi connectivity index (χ3v) is 5.28. The molecule has 0 aromatic carbocycles. The van der Waals surface area contributed by atoms with Gasteiger partial charge in [-0.3, -0.25) is 0 Å². The van der Waals surface area contributed by atoms with Gasteiger partial charge in [0.25, 0.3) is 0 Å². The minimum atomic E-state index is -3.56. The van der Waals surface area contributed by atoms with E-state index in [1.807, 2.05) is 0 Å². The molecule has 100 valence electrons. The molecule has 4 nitrogen and oxygen atoms in total. The third-order valence-electron chi connectivity index (χ3n) is 4.31. The lowest BCUT2D eigenvalue weighted by molar-refractivity contribution is 0.126. The van der Waals surface area contributed by atoms with E-state index in [0.717, 1.165) is 18.1 Å². The number of fused-ring (bicyclic) bond motifs is 3. The normalized spacial score (nSPS) is 31.7. The minimum Gasteiger partial charge on any atom is -0.361 e. The molecule has 0 radical (unpaired) electrons. The molecule has 1 aromatic rings. The number of hydrogen-bond donors (Lipinski definition) is 0. The van der Waals surface area contributed by atoms with Crippen LogP contribution in [0.3, 0.4) is 0 Å². The van der Waals surface area contributed by atoms with Gasteiger partial charge in [-0.05, 0) is 31.1 Å². The maximum Gasteiger partial charge on any atom is 0.238 e. The molecule has 4 rings (SSSR count). The largest absolute Gasteiger partial charge is 0.361 e. The Labute approximate surface area is 111 Å². The van der Waals surface area contributed by atoms with E-state index in [0.29, 0.717) is 17.5 Å². The number of nitrogens with zero attached hydrogens (tertiary/aromatic N) is 1. The number of rotatable bonds is 3. The van der Waals surface area contributed by atoms with Gasteiger partial charge in [0.2, 0.25) is 9.05 Å². The predicted octanol–water partition coefficient (Wildman–Crippen LogP) is 3.04. The van der Waals surface area contributed by atoms with Gasteiger partial charge in [-0.1, -0.05) is 18.0 Å². The van der Waals surface area contributed by atoms with Crippen molar-refractivity contribution >= 4 is 19.7 Å². The fraction of sp³-hybridized carbons (Fsp3) is 0.750. The molecule has 1 aromatic heterocycles. The number of halogens is 1. The van der Waals surface area contributed by atoms with Crippen molar-refractivity contribution in [3.63, 3.8) is 0 Å². The molecule has 6 heteroatoms. The minimum absolute atomic E-state index is 0.251. The van der Waals surface area contributed by atoms with Crippen LogP contribution in [0.5, 0.6) is 0 Å². The van der Waals surface area contributed by atoms with E-state index in [1.165, 1.54) is 25.7 Å². The number of aromatic nitrogens is 1. The fourth-order valence-electron chi connectivity index (χ4n) is 3.47. The smallest absolute Gasteiger partial charge is 0.238 e. The lowest BCUT2D eigenvalue weighted by atomic mass is 9.64. The van der Waals surface area contributed by atoms with Crippen molar-refractivity contribution < 1.29 is 12.9 Å². The quantitative estimate of drug-likeness (QED) is 0.803. The highest BCUT2D eigenvalue weighted by atomic mass is 35.7. The van der Waals surface area contributed by atoms with Crippen molar-refractivity contribution in [1.82, 2.24) is 5.16 Å². The standard InChI is InChI=1S/C12H16ClNO3S/c13-18(15,16)7-10-6-12(17-14-10)11-5-8-1-3-9(11)4-2-8/h6,8-9,11H,1-5,7H2. The van der Waals surface area contributed by atoms with Crippen molar-refractivity contribution in [3.05, 3.63) is 17.5 Å². The summed E-state index contributed by atoms with van der Waals surface area (Å²) in [5.74, 6) is 2.52. The van der Waals surface area contributed by atoms with E-state index in [1.54, 1.807) is 6.07 Å². The zero-order chi connectivity index (χ0) is 12.8. The molecule has 2 bridgehead atoms. The second-order valence-electron chi connectivity index (χ2n) is 5.53. The molecule has 3 fully saturated rings. The molecule has 1 unspecified atom stereocenters. The molecule has 0 amide bonds. The molecule has 3 aliphatic rings. The van der Waals surface area contributed by atoms with Crippen LogP contribution < -0.4 is 0 Å². The van der Waals surface area contributed by atoms with Gasteiger partial charge in [-0.15, -0.1) is 0 Å². The van der Waals surface area contributed by atoms with Gasteiger partial charge in [0.1, 0.15) is 17.2 Å². The summed E-state index contributed by atoms with van der Waals surface area (Å²) < 4.78 is 27.3. The molecular weight excluding hydrogens is 274 g/mol. The van der Waals surface area contributed by atoms with Crippen LogP contribution in [0.2, 0.25) is 0 Å². The topological polar surface area (TPSA) is 60.2 Å². The summed E-state index contributed by atoms with van der Waals surface area (Å²) in [5, 5.41) is 3.82. The first-order valence-electron chi connectivity index (χ1n) is 6.39. The van der Waals surface area contributed by atoms with Crippen LogP contribution in [0.1, 0.15) is 49.5 Å². The molecule has 3 aliphatic carbocycles. The third kappa shape index (κ3) is 2.57. The van der Waals surface area contributed by atoms with Crippen LogP contribution >= 0.6 is 10.7 Å². The summed E-state index contributed by atoms with van der Waals surface area (Å²) in [4.78, 5) is 0. The molecule has 1 atom stereocenters. The predicted molar refractivity (Wildman–Crippen MR) is 67.8 cm³/mol. The molecule has 1 heterocycles. The van der Waals surface area contributed by atoms with Gasteiger partial charge in [-0.25, -0.2) is 8.42 Å². The Morgan fingerprint density at radius 2 is 2.06 bits per heavy atom. The first-order valence-corrected chi connectivity index (χ1v) is 8.87. The summed E-state index contributed by atoms with van der Waals surface area (Å²) in [6.07, 6.45) is 6.35. The number of hydrogen-bond acceptors (Lipinski definition) is 4. The highest BCUT2D eigenvalue weighted by Gasteiger charge is 2.38. The van der Waals surface area contributed by atoms with Crippen LogP contribution in [-0.4, -0.2) is 13.6 Å². The van der Waals surface area contributed by atoms with E-state index in [-0.39, 0.29) is 5.75 Å². The van der Waals surface area contributed by atoms with Crippen molar-refractivity contribution in [2.75, 3.05) is 0 Å². The van der Waals surface area contributed by atoms with Crippen molar-refractivity contribution in [2.45, 2.75) is 43.8 Å². The zero-order valence-corrected chi connectivity index (χ0v) is 11.6. The van der Waals surface area contributed by atoms with E-state index in [4.69, 9.17) is 15.2 Å². The van der Waals surface area contributed by atoms with Crippen LogP contribution in [0.25, 0.3) is 0 Å². The summed E-state index contributed by atoms with van der Waals surface area (Å²) >= 11 is 0. The Kier molecular flexibility index (Phi) is 3.14. The van der Waals surface area contributed by atoms with Crippen LogP contribution in [0.15, 0.2) is 10.6 Å². The summed E-state index contributed by atoms with van der Waals surface area (Å²) in [6, 6.07) is 1.77. The van der Waals surface area contributed by atoms with Gasteiger partial charge in [0.15, 0.2) is 0 Å². The first-order chi connectivity index (χ1) is 8.51. The second kappa shape index (κ2) is 4.53. The Hall–Kier alpha value is -0.550. The van der Waals surface area contributed by atoms with E-state index < -0.39 is 9.05 Å². The van der Waals surface area contributed by atoms with Crippen LogP contribution in [0.4, 0.5) is 0 Å². The van der Waals surface area contributed by atoms with Crippen molar-refractivity contribution in [1.29, 1.82) is 0 Å². The van der Waals surface area contributed by atoms with E-state index >= 15 is 0 Å². The summed E-state index contributed by atoms with van der Waals surface area (Å²) in [7, 11) is 1.66. The highest BCUT2D eigenvalue weighted by molar-refractivity contribution is 8.13. The van der Waals surface area contributed by atoms with Gasteiger partial charge in [0.05, 0.1) is 0 Å². The maximum atomic E-state index is 11.0. The van der Waals surface area contributed by atoms with Gasteiger partial charge >= 0.3 is 0 Å². The van der Waals surface area contributed by atoms with Crippen molar-refractivity contribution in [2.24, 2.45) is 11.8 Å². The fourth-order valence-corrected chi connectivity index (χ4v) is 4.30. The van der Waals surface area contributed by atoms with E-state index in [9.17, 15) is 8.42 Å². The maximum absolute atomic E-state index is 11.0. The van der Waals surface area contributed by atoms with Gasteiger partial charge in [-0.2, -0.15) is 0 Å². The second-order valence-corrected chi connectivity index (χ2v) is 8.30.